The zero-order valence-electron chi connectivity index (χ0n) is 13.4. The van der Waals surface area contributed by atoms with Gasteiger partial charge in [-0.1, -0.05) is 6.92 Å². The first-order valence-corrected chi connectivity index (χ1v) is 7.68. The van der Waals surface area contributed by atoms with Crippen LogP contribution in [0.3, 0.4) is 0 Å². The predicted molar refractivity (Wildman–Crippen MR) is 84.8 cm³/mol. The minimum atomic E-state index is 0.150. The van der Waals surface area contributed by atoms with E-state index in [4.69, 9.17) is 4.98 Å². The molecule has 1 saturated heterocycles. The second-order valence-corrected chi connectivity index (χ2v) is 5.31. The van der Waals surface area contributed by atoms with Gasteiger partial charge in [0.15, 0.2) is 0 Å². The average molecular weight is 291 g/mol. The molecule has 1 amide bonds. The Kier molecular flexibility index (Phi) is 4.98. The lowest BCUT2D eigenvalue weighted by Crippen LogP contribution is -2.48. The minimum Gasteiger partial charge on any atom is -0.370 e. The summed E-state index contributed by atoms with van der Waals surface area (Å²) in [5.41, 5.74) is 1.09. The van der Waals surface area contributed by atoms with Crippen LogP contribution in [0.2, 0.25) is 0 Å². The number of hydrogen-bond acceptors (Lipinski definition) is 5. The topological polar surface area (TPSA) is 61.4 Å². The fraction of sp³-hybridized carbons (Fsp3) is 0.667. The van der Waals surface area contributed by atoms with E-state index in [-0.39, 0.29) is 5.91 Å². The number of amides is 1. The maximum absolute atomic E-state index is 11.4. The van der Waals surface area contributed by atoms with Gasteiger partial charge in [-0.25, -0.2) is 9.97 Å². The molecule has 0 aromatic carbocycles. The lowest BCUT2D eigenvalue weighted by atomic mass is 10.2. The Bertz CT molecular complexity index is 509. The van der Waals surface area contributed by atoms with E-state index < -0.39 is 0 Å². The number of nitrogens with one attached hydrogen (secondary N) is 1. The summed E-state index contributed by atoms with van der Waals surface area (Å²) in [4.78, 5) is 24.8. The molecule has 1 aromatic heterocycles. The smallest absolute Gasteiger partial charge is 0.219 e. The van der Waals surface area contributed by atoms with Crippen molar-refractivity contribution in [3.05, 3.63) is 11.4 Å². The number of rotatable bonds is 4. The average Bonchev–Trinajstić information content (AvgIpc) is 2.49. The van der Waals surface area contributed by atoms with Gasteiger partial charge in [0.1, 0.15) is 17.5 Å². The Morgan fingerprint density at radius 3 is 2.38 bits per heavy atom. The first-order chi connectivity index (χ1) is 10.1. The lowest BCUT2D eigenvalue weighted by molar-refractivity contribution is -0.129. The van der Waals surface area contributed by atoms with Crippen LogP contribution in [0.15, 0.2) is 0 Å². The van der Waals surface area contributed by atoms with E-state index in [1.165, 1.54) is 0 Å². The second kappa shape index (κ2) is 6.74. The normalized spacial score (nSPS) is 15.2. The molecule has 1 aliphatic heterocycles. The second-order valence-electron chi connectivity index (χ2n) is 5.31. The summed E-state index contributed by atoms with van der Waals surface area (Å²) in [5, 5.41) is 3.31. The Balaban J connectivity index is 2.23. The molecular formula is C15H25N5O. The SMILES string of the molecule is CCNc1nc(CC)nc(N2CCN(C(C)=O)CC2)c1C. The van der Waals surface area contributed by atoms with Gasteiger partial charge in [0, 0.05) is 51.6 Å². The van der Waals surface area contributed by atoms with Gasteiger partial charge in [-0.3, -0.25) is 4.79 Å². The maximum atomic E-state index is 11.4. The van der Waals surface area contributed by atoms with Crippen LogP contribution in [0, 0.1) is 6.92 Å². The lowest BCUT2D eigenvalue weighted by Gasteiger charge is -2.35. The van der Waals surface area contributed by atoms with Gasteiger partial charge >= 0.3 is 0 Å². The molecule has 0 saturated carbocycles. The van der Waals surface area contributed by atoms with E-state index in [1.807, 2.05) is 4.90 Å². The summed E-state index contributed by atoms with van der Waals surface area (Å²) in [6.45, 7) is 11.8. The molecule has 21 heavy (non-hydrogen) atoms. The zero-order valence-corrected chi connectivity index (χ0v) is 13.4. The van der Waals surface area contributed by atoms with E-state index in [0.29, 0.717) is 0 Å². The van der Waals surface area contributed by atoms with Crippen LogP contribution in [0.1, 0.15) is 32.2 Å². The van der Waals surface area contributed by atoms with Crippen LogP contribution in [-0.2, 0) is 11.2 Å². The Morgan fingerprint density at radius 2 is 1.86 bits per heavy atom. The van der Waals surface area contributed by atoms with Gasteiger partial charge in [0.2, 0.25) is 5.91 Å². The number of nitrogens with zero attached hydrogens (tertiary/aromatic N) is 4. The van der Waals surface area contributed by atoms with Gasteiger partial charge < -0.3 is 15.1 Å². The molecule has 0 bridgehead atoms. The maximum Gasteiger partial charge on any atom is 0.219 e. The Morgan fingerprint density at radius 1 is 1.19 bits per heavy atom. The van der Waals surface area contributed by atoms with E-state index in [1.54, 1.807) is 6.92 Å². The zero-order chi connectivity index (χ0) is 15.4. The number of carbonyl (C=O) groups excluding carboxylic acids is 1. The summed E-state index contributed by atoms with van der Waals surface area (Å²) in [7, 11) is 0. The summed E-state index contributed by atoms with van der Waals surface area (Å²) in [6.07, 6.45) is 0.819. The van der Waals surface area contributed by atoms with Gasteiger partial charge in [-0.2, -0.15) is 0 Å². The number of aromatic nitrogens is 2. The van der Waals surface area contributed by atoms with Crippen LogP contribution in [-0.4, -0.2) is 53.5 Å². The van der Waals surface area contributed by atoms with Crippen LogP contribution in [0.25, 0.3) is 0 Å². The van der Waals surface area contributed by atoms with Crippen molar-refractivity contribution in [3.8, 4) is 0 Å². The van der Waals surface area contributed by atoms with Crippen LogP contribution in [0.5, 0.6) is 0 Å². The van der Waals surface area contributed by atoms with Crippen molar-refractivity contribution in [1.82, 2.24) is 14.9 Å². The minimum absolute atomic E-state index is 0.150. The van der Waals surface area contributed by atoms with Crippen molar-refractivity contribution >= 4 is 17.5 Å². The highest BCUT2D eigenvalue weighted by molar-refractivity contribution is 5.73. The van der Waals surface area contributed by atoms with Crippen molar-refractivity contribution in [1.29, 1.82) is 0 Å². The van der Waals surface area contributed by atoms with E-state index >= 15 is 0 Å². The van der Waals surface area contributed by atoms with Gasteiger partial charge in [0.25, 0.3) is 0 Å². The molecule has 116 valence electrons. The summed E-state index contributed by atoms with van der Waals surface area (Å²) < 4.78 is 0. The highest BCUT2D eigenvalue weighted by Crippen LogP contribution is 2.24. The Hall–Kier alpha value is -1.85. The molecule has 0 spiro atoms. The van der Waals surface area contributed by atoms with Crippen LogP contribution < -0.4 is 10.2 Å². The summed E-state index contributed by atoms with van der Waals surface area (Å²) >= 11 is 0. The van der Waals surface area contributed by atoms with Gasteiger partial charge in [0.05, 0.1) is 0 Å². The number of piperazine rings is 1. The quantitative estimate of drug-likeness (QED) is 0.910. The van der Waals surface area contributed by atoms with Crippen molar-refractivity contribution in [2.45, 2.75) is 34.1 Å². The molecule has 2 rings (SSSR count). The highest BCUT2D eigenvalue weighted by Gasteiger charge is 2.22. The molecule has 0 unspecified atom stereocenters. The third kappa shape index (κ3) is 3.43. The molecule has 0 aliphatic carbocycles. The standard InChI is InChI=1S/C15H25N5O/c1-5-13-17-14(16-6-2)11(3)15(18-13)20-9-7-19(8-10-20)12(4)21/h5-10H2,1-4H3,(H,16,17,18). The molecule has 0 radical (unpaired) electrons. The van der Waals surface area contributed by atoms with Crippen molar-refractivity contribution in [2.75, 3.05) is 42.9 Å². The first kappa shape index (κ1) is 15.5. The molecule has 2 heterocycles. The number of carbonyl (C=O) groups is 1. The Labute approximate surface area is 126 Å². The molecular weight excluding hydrogens is 266 g/mol. The molecule has 1 N–H and O–H groups in total. The predicted octanol–water partition coefficient (Wildman–Crippen LogP) is 1.45. The van der Waals surface area contributed by atoms with Crippen LogP contribution >= 0.6 is 0 Å². The summed E-state index contributed by atoms with van der Waals surface area (Å²) in [6, 6.07) is 0. The molecule has 6 heteroatoms. The number of anilines is 2. The third-order valence-corrected chi connectivity index (χ3v) is 3.85. The number of aryl methyl sites for hydroxylation is 1. The van der Waals surface area contributed by atoms with Crippen molar-refractivity contribution in [2.24, 2.45) is 0 Å². The molecule has 0 atom stereocenters. The van der Waals surface area contributed by atoms with Crippen molar-refractivity contribution < 1.29 is 4.79 Å². The third-order valence-electron chi connectivity index (χ3n) is 3.85. The molecule has 1 aliphatic rings. The fourth-order valence-electron chi connectivity index (χ4n) is 2.59. The first-order valence-electron chi connectivity index (χ1n) is 7.68. The molecule has 1 aromatic rings. The van der Waals surface area contributed by atoms with Crippen LogP contribution in [0.4, 0.5) is 11.6 Å². The van der Waals surface area contributed by atoms with Crippen molar-refractivity contribution in [3.63, 3.8) is 0 Å². The molecule has 6 nitrogen and oxygen atoms in total. The van der Waals surface area contributed by atoms with E-state index in [9.17, 15) is 4.79 Å². The van der Waals surface area contributed by atoms with E-state index in [2.05, 4.69) is 36.0 Å². The van der Waals surface area contributed by atoms with Gasteiger partial charge in [-0.05, 0) is 13.8 Å². The largest absolute Gasteiger partial charge is 0.370 e. The highest BCUT2D eigenvalue weighted by atomic mass is 16.2. The van der Waals surface area contributed by atoms with E-state index in [0.717, 1.165) is 62.2 Å². The summed E-state index contributed by atoms with van der Waals surface area (Å²) in [5.74, 6) is 2.94. The number of hydrogen-bond donors (Lipinski definition) is 1. The monoisotopic (exact) mass is 291 g/mol. The van der Waals surface area contributed by atoms with Gasteiger partial charge in [-0.15, -0.1) is 0 Å². The molecule has 1 fully saturated rings. The fourth-order valence-corrected chi connectivity index (χ4v) is 2.59.